The number of fused-ring (bicyclic) bond motifs is 3. The zero-order valence-electron chi connectivity index (χ0n) is 15.2. The predicted molar refractivity (Wildman–Crippen MR) is 97.0 cm³/mol. The van der Waals surface area contributed by atoms with Crippen molar-refractivity contribution in [3.05, 3.63) is 16.0 Å². The molecule has 0 saturated heterocycles. The first-order valence-electron chi connectivity index (χ1n) is 8.46. The number of anilines is 1. The highest BCUT2D eigenvalue weighted by atomic mass is 32.1. The molecule has 0 radical (unpaired) electrons. The molecule has 136 valence electrons. The van der Waals surface area contributed by atoms with E-state index in [1.54, 1.807) is 11.9 Å². The summed E-state index contributed by atoms with van der Waals surface area (Å²) >= 11 is 1.48. The fraction of sp³-hybridized carbons (Fsp3) is 0.588. The number of amides is 3. The summed E-state index contributed by atoms with van der Waals surface area (Å²) in [4.78, 5) is 45.5. The molecule has 0 aliphatic carbocycles. The lowest BCUT2D eigenvalue weighted by molar-refractivity contribution is -0.132. The first kappa shape index (κ1) is 17.9. The van der Waals surface area contributed by atoms with Crippen molar-refractivity contribution in [1.29, 1.82) is 0 Å². The van der Waals surface area contributed by atoms with Crippen LogP contribution < -0.4 is 4.90 Å². The van der Waals surface area contributed by atoms with Crippen molar-refractivity contribution in [3.8, 4) is 0 Å². The van der Waals surface area contributed by atoms with Gasteiger partial charge in [0.25, 0.3) is 5.91 Å². The lowest BCUT2D eigenvalue weighted by Crippen LogP contribution is -2.41. The zero-order valence-corrected chi connectivity index (χ0v) is 16.0. The first-order valence-corrected chi connectivity index (χ1v) is 9.28. The molecule has 1 aromatic rings. The lowest BCUT2D eigenvalue weighted by atomic mass is 10.0. The highest BCUT2D eigenvalue weighted by Gasteiger charge is 2.36. The van der Waals surface area contributed by atoms with Gasteiger partial charge in [0.2, 0.25) is 11.8 Å². The summed E-state index contributed by atoms with van der Waals surface area (Å²) in [6.07, 6.45) is 0.658. The molecule has 0 spiro atoms. The van der Waals surface area contributed by atoms with Gasteiger partial charge in [-0.05, 0) is 33.0 Å². The van der Waals surface area contributed by atoms with Crippen molar-refractivity contribution < 1.29 is 14.4 Å². The average Bonchev–Trinajstić information content (AvgIpc) is 2.88. The zero-order chi connectivity index (χ0) is 18.3. The maximum atomic E-state index is 12.8. The molecule has 0 N–H and O–H groups in total. The SMILES string of the molecule is CCN1C(=O)CN(C)C(=O)c2c1sc1c2CCN(C(=O)CN(C)C)C1. The second kappa shape index (κ2) is 6.76. The van der Waals surface area contributed by atoms with Gasteiger partial charge >= 0.3 is 0 Å². The minimum absolute atomic E-state index is 0.0590. The summed E-state index contributed by atoms with van der Waals surface area (Å²) in [5.74, 6) is -0.0628. The predicted octanol–water partition coefficient (Wildman–Crippen LogP) is 0.633. The van der Waals surface area contributed by atoms with Gasteiger partial charge in [0, 0.05) is 25.0 Å². The van der Waals surface area contributed by atoms with Crippen LogP contribution in [0.2, 0.25) is 0 Å². The Labute approximate surface area is 151 Å². The monoisotopic (exact) mass is 364 g/mol. The molecule has 0 fully saturated rings. The van der Waals surface area contributed by atoms with Crippen molar-refractivity contribution in [1.82, 2.24) is 14.7 Å². The van der Waals surface area contributed by atoms with Crippen molar-refractivity contribution in [2.45, 2.75) is 19.9 Å². The third kappa shape index (κ3) is 3.16. The molecule has 3 rings (SSSR count). The molecule has 25 heavy (non-hydrogen) atoms. The van der Waals surface area contributed by atoms with Crippen molar-refractivity contribution in [3.63, 3.8) is 0 Å². The minimum Gasteiger partial charge on any atom is -0.336 e. The molecule has 8 heteroatoms. The number of thiophene rings is 1. The molecule has 3 heterocycles. The quantitative estimate of drug-likeness (QED) is 0.789. The summed E-state index contributed by atoms with van der Waals surface area (Å²) in [6.45, 7) is 4.07. The van der Waals surface area contributed by atoms with E-state index in [-0.39, 0.29) is 24.3 Å². The van der Waals surface area contributed by atoms with Crippen LogP contribution in [-0.2, 0) is 22.6 Å². The standard InChI is InChI=1S/C17H24N4O3S/c1-5-21-14(23)10-19(4)16(24)15-11-6-7-20(13(22)9-18(2)3)8-12(11)25-17(15)21/h5-10H2,1-4H3. The number of nitrogens with zero attached hydrogens (tertiary/aromatic N) is 4. The third-order valence-corrected chi connectivity index (χ3v) is 5.88. The highest BCUT2D eigenvalue weighted by molar-refractivity contribution is 7.17. The Hall–Kier alpha value is -1.93. The van der Waals surface area contributed by atoms with Gasteiger partial charge in [-0.15, -0.1) is 11.3 Å². The Kier molecular flexibility index (Phi) is 4.83. The van der Waals surface area contributed by atoms with Crippen LogP contribution in [-0.4, -0.2) is 79.7 Å². The van der Waals surface area contributed by atoms with Gasteiger partial charge in [-0.2, -0.15) is 0 Å². The number of carbonyl (C=O) groups is 3. The molecule has 1 aromatic heterocycles. The van der Waals surface area contributed by atoms with Crippen LogP contribution in [0.25, 0.3) is 0 Å². The Morgan fingerprint density at radius 2 is 1.96 bits per heavy atom. The number of hydrogen-bond donors (Lipinski definition) is 0. The van der Waals surface area contributed by atoms with Gasteiger partial charge in [0.05, 0.1) is 18.7 Å². The maximum absolute atomic E-state index is 12.8. The van der Waals surface area contributed by atoms with Gasteiger partial charge in [-0.25, -0.2) is 0 Å². The van der Waals surface area contributed by atoms with Crippen LogP contribution in [0.15, 0.2) is 0 Å². The highest BCUT2D eigenvalue weighted by Crippen LogP contribution is 2.41. The summed E-state index contributed by atoms with van der Waals surface area (Å²) < 4.78 is 0. The normalized spacial score (nSPS) is 17.7. The second-order valence-electron chi connectivity index (χ2n) is 6.79. The summed E-state index contributed by atoms with van der Waals surface area (Å²) in [7, 11) is 5.42. The van der Waals surface area contributed by atoms with Crippen molar-refractivity contribution >= 4 is 34.1 Å². The molecular formula is C17H24N4O3S. The van der Waals surface area contributed by atoms with E-state index in [0.29, 0.717) is 38.2 Å². The van der Waals surface area contributed by atoms with E-state index in [0.717, 1.165) is 15.4 Å². The van der Waals surface area contributed by atoms with E-state index in [4.69, 9.17) is 0 Å². The molecule has 0 bridgehead atoms. The van der Waals surface area contributed by atoms with Crippen LogP contribution in [0.4, 0.5) is 5.00 Å². The fourth-order valence-corrected chi connectivity index (χ4v) is 4.80. The molecule has 2 aliphatic heterocycles. The molecule has 0 unspecified atom stereocenters. The van der Waals surface area contributed by atoms with Crippen LogP contribution >= 0.6 is 11.3 Å². The van der Waals surface area contributed by atoms with Crippen LogP contribution in [0.1, 0.15) is 27.7 Å². The summed E-state index contributed by atoms with van der Waals surface area (Å²) in [5, 5.41) is 0.744. The van der Waals surface area contributed by atoms with E-state index in [1.807, 2.05) is 30.8 Å². The topological polar surface area (TPSA) is 64.2 Å². The van der Waals surface area contributed by atoms with E-state index in [9.17, 15) is 14.4 Å². The van der Waals surface area contributed by atoms with Gasteiger partial charge in [-0.3, -0.25) is 14.4 Å². The van der Waals surface area contributed by atoms with Crippen LogP contribution in [0, 0.1) is 0 Å². The fourth-order valence-electron chi connectivity index (χ4n) is 3.37. The van der Waals surface area contributed by atoms with Gasteiger partial charge in [-0.1, -0.05) is 0 Å². The van der Waals surface area contributed by atoms with Crippen LogP contribution in [0.5, 0.6) is 0 Å². The Morgan fingerprint density at radius 1 is 1.24 bits per heavy atom. The van der Waals surface area contributed by atoms with Crippen LogP contribution in [0.3, 0.4) is 0 Å². The molecule has 7 nitrogen and oxygen atoms in total. The van der Waals surface area contributed by atoms with Gasteiger partial charge in [0.15, 0.2) is 0 Å². The number of hydrogen-bond acceptors (Lipinski definition) is 5. The summed E-state index contributed by atoms with van der Waals surface area (Å²) in [6, 6.07) is 0. The minimum atomic E-state index is -0.0927. The maximum Gasteiger partial charge on any atom is 0.257 e. The number of carbonyl (C=O) groups excluding carboxylic acids is 3. The largest absolute Gasteiger partial charge is 0.336 e. The van der Waals surface area contributed by atoms with E-state index >= 15 is 0 Å². The van der Waals surface area contributed by atoms with Gasteiger partial charge in [0.1, 0.15) is 11.5 Å². The Balaban J connectivity index is 1.97. The molecular weight excluding hydrogens is 340 g/mol. The second-order valence-corrected chi connectivity index (χ2v) is 7.87. The first-order chi connectivity index (χ1) is 11.8. The summed E-state index contributed by atoms with van der Waals surface area (Å²) in [5.41, 5.74) is 1.67. The van der Waals surface area contributed by atoms with E-state index in [2.05, 4.69) is 0 Å². The average molecular weight is 364 g/mol. The molecule has 2 aliphatic rings. The smallest absolute Gasteiger partial charge is 0.257 e. The third-order valence-electron chi connectivity index (χ3n) is 4.64. The molecule has 3 amide bonds. The Bertz CT molecular complexity index is 728. The lowest BCUT2D eigenvalue weighted by Gasteiger charge is -2.28. The molecule has 0 atom stereocenters. The van der Waals surface area contributed by atoms with E-state index in [1.165, 1.54) is 16.2 Å². The molecule has 0 aromatic carbocycles. The van der Waals surface area contributed by atoms with Crippen molar-refractivity contribution in [2.75, 3.05) is 52.2 Å². The number of rotatable bonds is 3. The van der Waals surface area contributed by atoms with E-state index < -0.39 is 0 Å². The van der Waals surface area contributed by atoms with Gasteiger partial charge < -0.3 is 19.6 Å². The molecule has 0 saturated carbocycles. The Morgan fingerprint density at radius 3 is 2.60 bits per heavy atom. The van der Waals surface area contributed by atoms with Crippen molar-refractivity contribution in [2.24, 2.45) is 0 Å². The number of likely N-dealkylation sites (N-methyl/N-ethyl adjacent to an activating group) is 3.